The van der Waals surface area contributed by atoms with Crippen molar-refractivity contribution >= 4 is 0 Å². The van der Waals surface area contributed by atoms with Crippen LogP contribution < -0.4 is 0 Å². The van der Waals surface area contributed by atoms with Crippen LogP contribution in [0.5, 0.6) is 0 Å². The van der Waals surface area contributed by atoms with Crippen LogP contribution in [0, 0.1) is 0 Å². The average Bonchev–Trinajstić information content (AvgIpc) is 2.59. The second kappa shape index (κ2) is 3.39. The molecule has 0 N–H and O–H groups in total. The Morgan fingerprint density at radius 2 is 1.65 bits per heavy atom. The standard InChI is InChI=1S/C15H12F2/c1-2-10-7-8-14-12(9-10)11-5-3-4-6-13(11)15(14,16)17/h3-9H,2H2,1H3. The van der Waals surface area contributed by atoms with E-state index in [9.17, 15) is 8.78 Å². The van der Waals surface area contributed by atoms with E-state index in [1.165, 1.54) is 6.07 Å². The molecule has 86 valence electrons. The number of halogens is 2. The molecule has 0 fully saturated rings. The van der Waals surface area contributed by atoms with E-state index in [2.05, 4.69) is 0 Å². The zero-order chi connectivity index (χ0) is 12.0. The van der Waals surface area contributed by atoms with Crippen LogP contribution in [0.3, 0.4) is 0 Å². The summed E-state index contributed by atoms with van der Waals surface area (Å²) in [5.41, 5.74) is 2.71. The number of hydrogen-bond donors (Lipinski definition) is 0. The smallest absolute Gasteiger partial charge is 0.196 e. The van der Waals surface area contributed by atoms with Crippen molar-refractivity contribution in [3.63, 3.8) is 0 Å². The maximum absolute atomic E-state index is 14.2. The number of benzene rings is 2. The molecule has 1 aliphatic rings. The number of alkyl halides is 2. The molecule has 0 heterocycles. The second-order valence-electron chi connectivity index (χ2n) is 4.35. The Balaban J connectivity index is 2.33. The van der Waals surface area contributed by atoms with Crippen LogP contribution in [-0.4, -0.2) is 0 Å². The van der Waals surface area contributed by atoms with Gasteiger partial charge in [0.25, 0.3) is 5.92 Å². The molecule has 2 aromatic rings. The van der Waals surface area contributed by atoms with E-state index in [1.54, 1.807) is 24.3 Å². The van der Waals surface area contributed by atoms with Crippen molar-refractivity contribution in [3.8, 4) is 11.1 Å². The highest BCUT2D eigenvalue weighted by Crippen LogP contribution is 2.50. The lowest BCUT2D eigenvalue weighted by atomic mass is 10.0. The molecule has 0 atom stereocenters. The minimum Gasteiger partial charge on any atom is -0.196 e. The molecule has 0 aromatic heterocycles. The van der Waals surface area contributed by atoms with E-state index in [-0.39, 0.29) is 11.1 Å². The van der Waals surface area contributed by atoms with Gasteiger partial charge in [0, 0.05) is 11.1 Å². The molecule has 0 aliphatic heterocycles. The van der Waals surface area contributed by atoms with Crippen LogP contribution in [0.4, 0.5) is 8.78 Å². The van der Waals surface area contributed by atoms with Gasteiger partial charge in [0.15, 0.2) is 0 Å². The molecule has 0 bridgehead atoms. The Kier molecular flexibility index (Phi) is 2.09. The predicted octanol–water partition coefficient (Wildman–Crippen LogP) is 4.37. The quantitative estimate of drug-likeness (QED) is 0.682. The van der Waals surface area contributed by atoms with Gasteiger partial charge in [0.2, 0.25) is 0 Å². The minimum atomic E-state index is -2.85. The van der Waals surface area contributed by atoms with E-state index in [0.717, 1.165) is 12.0 Å². The lowest BCUT2D eigenvalue weighted by Gasteiger charge is -2.11. The van der Waals surface area contributed by atoms with Crippen LogP contribution >= 0.6 is 0 Å². The fraction of sp³-hybridized carbons (Fsp3) is 0.200. The summed E-state index contributed by atoms with van der Waals surface area (Å²) < 4.78 is 28.3. The zero-order valence-electron chi connectivity index (χ0n) is 9.50. The van der Waals surface area contributed by atoms with Gasteiger partial charge in [-0.05, 0) is 23.1 Å². The topological polar surface area (TPSA) is 0 Å². The van der Waals surface area contributed by atoms with E-state index < -0.39 is 5.92 Å². The van der Waals surface area contributed by atoms with E-state index in [4.69, 9.17) is 0 Å². The van der Waals surface area contributed by atoms with Gasteiger partial charge in [0.05, 0.1) is 0 Å². The third-order valence-electron chi connectivity index (χ3n) is 3.39. The third kappa shape index (κ3) is 1.33. The van der Waals surface area contributed by atoms with Crippen molar-refractivity contribution in [2.45, 2.75) is 19.3 Å². The molecular weight excluding hydrogens is 218 g/mol. The first-order valence-electron chi connectivity index (χ1n) is 5.75. The molecule has 0 spiro atoms. The molecule has 17 heavy (non-hydrogen) atoms. The monoisotopic (exact) mass is 230 g/mol. The summed E-state index contributed by atoms with van der Waals surface area (Å²) in [5.74, 6) is -2.85. The first-order chi connectivity index (χ1) is 8.14. The van der Waals surface area contributed by atoms with Crippen molar-refractivity contribution < 1.29 is 8.78 Å². The van der Waals surface area contributed by atoms with Crippen LogP contribution in [0.1, 0.15) is 23.6 Å². The molecular formula is C15H12F2. The van der Waals surface area contributed by atoms with Crippen LogP contribution in [-0.2, 0) is 12.3 Å². The summed E-state index contributed by atoms with van der Waals surface area (Å²) in [5, 5.41) is 0. The van der Waals surface area contributed by atoms with Gasteiger partial charge in [0.1, 0.15) is 0 Å². The summed E-state index contributed by atoms with van der Waals surface area (Å²) in [4.78, 5) is 0. The Labute approximate surface area is 98.9 Å². The molecule has 0 unspecified atom stereocenters. The van der Waals surface area contributed by atoms with Gasteiger partial charge >= 0.3 is 0 Å². The minimum absolute atomic E-state index is 0.128. The SMILES string of the molecule is CCc1ccc2c(c1)-c1ccccc1C2(F)F. The van der Waals surface area contributed by atoms with Crippen molar-refractivity contribution in [2.75, 3.05) is 0 Å². The molecule has 0 amide bonds. The fourth-order valence-electron chi connectivity index (χ4n) is 2.44. The van der Waals surface area contributed by atoms with Gasteiger partial charge in [-0.15, -0.1) is 0 Å². The first kappa shape index (κ1) is 10.5. The Bertz CT molecular complexity index is 585. The van der Waals surface area contributed by atoms with Gasteiger partial charge < -0.3 is 0 Å². The highest BCUT2D eigenvalue weighted by Gasteiger charge is 2.43. The summed E-state index contributed by atoms with van der Waals surface area (Å²) in [6, 6.07) is 12.0. The highest BCUT2D eigenvalue weighted by molar-refractivity contribution is 5.79. The molecule has 2 heteroatoms. The first-order valence-corrected chi connectivity index (χ1v) is 5.75. The van der Waals surface area contributed by atoms with Crippen LogP contribution in [0.15, 0.2) is 42.5 Å². The number of aryl methyl sites for hydroxylation is 1. The molecule has 2 aromatic carbocycles. The van der Waals surface area contributed by atoms with Crippen molar-refractivity contribution in [1.82, 2.24) is 0 Å². The number of rotatable bonds is 1. The second-order valence-corrected chi connectivity index (χ2v) is 4.35. The predicted molar refractivity (Wildman–Crippen MR) is 64.3 cm³/mol. The van der Waals surface area contributed by atoms with Crippen LogP contribution in [0.2, 0.25) is 0 Å². The van der Waals surface area contributed by atoms with Gasteiger partial charge in [-0.1, -0.05) is 49.4 Å². The maximum Gasteiger partial charge on any atom is 0.299 e. The largest absolute Gasteiger partial charge is 0.299 e. The zero-order valence-corrected chi connectivity index (χ0v) is 9.50. The summed E-state index contributed by atoms with van der Waals surface area (Å²) in [6.45, 7) is 2.03. The van der Waals surface area contributed by atoms with E-state index >= 15 is 0 Å². The summed E-state index contributed by atoms with van der Waals surface area (Å²) >= 11 is 0. The van der Waals surface area contributed by atoms with Gasteiger partial charge in [-0.2, -0.15) is 8.78 Å². The van der Waals surface area contributed by atoms with E-state index in [1.807, 2.05) is 19.1 Å². The Hall–Kier alpha value is -1.70. The van der Waals surface area contributed by atoms with Crippen molar-refractivity contribution in [1.29, 1.82) is 0 Å². The average molecular weight is 230 g/mol. The number of fused-ring (bicyclic) bond motifs is 3. The normalized spacial score (nSPS) is 15.5. The summed E-state index contributed by atoms with van der Waals surface area (Å²) in [7, 11) is 0. The molecule has 0 saturated heterocycles. The van der Waals surface area contributed by atoms with Crippen molar-refractivity contribution in [3.05, 3.63) is 59.2 Å². The van der Waals surface area contributed by atoms with Crippen molar-refractivity contribution in [2.24, 2.45) is 0 Å². The van der Waals surface area contributed by atoms with E-state index in [0.29, 0.717) is 11.1 Å². The fourth-order valence-corrected chi connectivity index (χ4v) is 2.44. The third-order valence-corrected chi connectivity index (χ3v) is 3.39. The van der Waals surface area contributed by atoms with Gasteiger partial charge in [-0.25, -0.2) is 0 Å². The highest BCUT2D eigenvalue weighted by atomic mass is 19.3. The molecule has 0 saturated carbocycles. The maximum atomic E-state index is 14.2. The molecule has 0 nitrogen and oxygen atoms in total. The Morgan fingerprint density at radius 3 is 2.41 bits per heavy atom. The number of hydrogen-bond acceptors (Lipinski definition) is 0. The summed E-state index contributed by atoms with van der Waals surface area (Å²) in [6.07, 6.45) is 0.862. The lowest BCUT2D eigenvalue weighted by Crippen LogP contribution is -2.10. The van der Waals surface area contributed by atoms with Gasteiger partial charge in [-0.3, -0.25) is 0 Å². The lowest BCUT2D eigenvalue weighted by molar-refractivity contribution is 0.0480. The van der Waals surface area contributed by atoms with Crippen LogP contribution in [0.25, 0.3) is 11.1 Å². The Morgan fingerprint density at radius 1 is 0.941 bits per heavy atom. The molecule has 0 radical (unpaired) electrons. The molecule has 1 aliphatic carbocycles. The molecule has 3 rings (SSSR count).